The Morgan fingerprint density at radius 3 is 2.85 bits per heavy atom. The van der Waals surface area contributed by atoms with Gasteiger partial charge in [0.2, 0.25) is 0 Å². The van der Waals surface area contributed by atoms with Gasteiger partial charge in [0.25, 0.3) is 0 Å². The molecule has 0 aromatic carbocycles. The lowest BCUT2D eigenvalue weighted by atomic mass is 10.1. The van der Waals surface area contributed by atoms with Gasteiger partial charge in [-0.15, -0.1) is 0 Å². The van der Waals surface area contributed by atoms with Crippen molar-refractivity contribution in [2.24, 2.45) is 5.92 Å². The molecule has 0 radical (unpaired) electrons. The van der Waals surface area contributed by atoms with Gasteiger partial charge >= 0.3 is 5.82 Å². The summed E-state index contributed by atoms with van der Waals surface area (Å²) in [5.41, 5.74) is 0. The van der Waals surface area contributed by atoms with E-state index in [2.05, 4.69) is 18.9 Å². The lowest BCUT2D eigenvalue weighted by Gasteiger charge is -2.00. The Bertz CT molecular complexity index is 293. The van der Waals surface area contributed by atoms with Crippen LogP contribution in [-0.2, 0) is 6.54 Å². The van der Waals surface area contributed by atoms with Gasteiger partial charge in [0, 0.05) is 0 Å². The SMILES string of the molecule is CC(C)CCn1ccc([N+](=O)[O-])n1. The van der Waals surface area contributed by atoms with E-state index in [-0.39, 0.29) is 5.82 Å². The number of hydrogen-bond acceptors (Lipinski definition) is 3. The van der Waals surface area contributed by atoms with Crippen LogP contribution in [0.3, 0.4) is 0 Å². The molecule has 0 aliphatic carbocycles. The predicted octanol–water partition coefficient (Wildman–Crippen LogP) is 1.84. The van der Waals surface area contributed by atoms with Crippen LogP contribution >= 0.6 is 0 Å². The maximum Gasteiger partial charge on any atom is 0.389 e. The molecule has 0 spiro atoms. The highest BCUT2D eigenvalue weighted by Crippen LogP contribution is 2.07. The highest BCUT2D eigenvalue weighted by molar-refractivity contribution is 5.13. The van der Waals surface area contributed by atoms with E-state index >= 15 is 0 Å². The highest BCUT2D eigenvalue weighted by Gasteiger charge is 2.10. The van der Waals surface area contributed by atoms with Crippen molar-refractivity contribution in [1.82, 2.24) is 9.78 Å². The zero-order valence-corrected chi connectivity index (χ0v) is 7.80. The number of aromatic nitrogens is 2. The molecule has 0 bridgehead atoms. The van der Waals surface area contributed by atoms with Crippen LogP contribution < -0.4 is 0 Å². The molecule has 72 valence electrons. The van der Waals surface area contributed by atoms with Crippen LogP contribution in [0.2, 0.25) is 0 Å². The van der Waals surface area contributed by atoms with Crippen LogP contribution in [0.25, 0.3) is 0 Å². The minimum absolute atomic E-state index is 0.0799. The van der Waals surface area contributed by atoms with Crippen LogP contribution in [0, 0.1) is 16.0 Å². The van der Waals surface area contributed by atoms with E-state index in [0.29, 0.717) is 5.92 Å². The first-order chi connectivity index (χ1) is 6.09. The summed E-state index contributed by atoms with van der Waals surface area (Å²) < 4.78 is 1.61. The molecular weight excluding hydrogens is 170 g/mol. The summed E-state index contributed by atoms with van der Waals surface area (Å²) >= 11 is 0. The van der Waals surface area contributed by atoms with Gasteiger partial charge in [-0.25, -0.2) is 0 Å². The monoisotopic (exact) mass is 183 g/mol. The van der Waals surface area contributed by atoms with Gasteiger partial charge < -0.3 is 10.1 Å². The molecule has 0 fully saturated rings. The van der Waals surface area contributed by atoms with Gasteiger partial charge in [0.1, 0.15) is 0 Å². The average molecular weight is 183 g/mol. The van der Waals surface area contributed by atoms with Gasteiger partial charge in [-0.05, 0) is 17.3 Å². The van der Waals surface area contributed by atoms with Crippen molar-refractivity contribution in [1.29, 1.82) is 0 Å². The molecule has 0 N–H and O–H groups in total. The maximum atomic E-state index is 10.3. The summed E-state index contributed by atoms with van der Waals surface area (Å²) in [7, 11) is 0. The van der Waals surface area contributed by atoms with Crippen molar-refractivity contribution >= 4 is 5.82 Å². The first kappa shape index (κ1) is 9.70. The fourth-order valence-electron chi connectivity index (χ4n) is 0.963. The standard InChI is InChI=1S/C8H13N3O2/c1-7(2)3-5-10-6-4-8(9-10)11(12)13/h4,6-7H,3,5H2,1-2H3. The summed E-state index contributed by atoms with van der Waals surface area (Å²) in [5, 5.41) is 14.1. The van der Waals surface area contributed by atoms with Crippen molar-refractivity contribution in [3.8, 4) is 0 Å². The Labute approximate surface area is 76.5 Å². The number of rotatable bonds is 4. The quantitative estimate of drug-likeness (QED) is 0.528. The second-order valence-corrected chi connectivity index (χ2v) is 3.38. The minimum Gasteiger partial charge on any atom is -0.358 e. The Kier molecular flexibility index (Phi) is 3.00. The van der Waals surface area contributed by atoms with E-state index < -0.39 is 4.92 Å². The van der Waals surface area contributed by atoms with E-state index in [1.807, 2.05) is 0 Å². The fraction of sp³-hybridized carbons (Fsp3) is 0.625. The highest BCUT2D eigenvalue weighted by atomic mass is 16.6. The van der Waals surface area contributed by atoms with E-state index in [0.717, 1.165) is 13.0 Å². The molecular formula is C8H13N3O2. The van der Waals surface area contributed by atoms with Crippen LogP contribution in [-0.4, -0.2) is 14.7 Å². The second-order valence-electron chi connectivity index (χ2n) is 3.38. The molecule has 1 aromatic rings. The molecule has 0 aliphatic rings. The summed E-state index contributed by atoms with van der Waals surface area (Å²) in [5.74, 6) is 0.506. The van der Waals surface area contributed by atoms with E-state index in [1.54, 1.807) is 10.9 Å². The smallest absolute Gasteiger partial charge is 0.358 e. The molecule has 5 nitrogen and oxygen atoms in total. The van der Waals surface area contributed by atoms with E-state index in [9.17, 15) is 10.1 Å². The molecule has 0 amide bonds. The Hall–Kier alpha value is -1.39. The molecule has 0 saturated heterocycles. The molecule has 0 saturated carbocycles. The van der Waals surface area contributed by atoms with Crippen LogP contribution in [0.4, 0.5) is 5.82 Å². The summed E-state index contributed by atoms with van der Waals surface area (Å²) in [4.78, 5) is 9.80. The number of aryl methyl sites for hydroxylation is 1. The third-order valence-electron chi connectivity index (χ3n) is 1.75. The second kappa shape index (κ2) is 4.02. The lowest BCUT2D eigenvalue weighted by Crippen LogP contribution is -2.02. The van der Waals surface area contributed by atoms with Gasteiger partial charge in [-0.3, -0.25) is 0 Å². The molecule has 1 rings (SSSR count). The molecule has 0 atom stereocenters. The van der Waals surface area contributed by atoms with E-state index in [4.69, 9.17) is 0 Å². The number of nitro groups is 1. The van der Waals surface area contributed by atoms with Crippen molar-refractivity contribution in [3.63, 3.8) is 0 Å². The Balaban J connectivity index is 2.54. The first-order valence-corrected chi connectivity index (χ1v) is 4.27. The van der Waals surface area contributed by atoms with Crippen molar-refractivity contribution in [2.45, 2.75) is 26.8 Å². The van der Waals surface area contributed by atoms with Gasteiger partial charge in [0.05, 0.1) is 23.9 Å². The zero-order valence-electron chi connectivity index (χ0n) is 7.80. The van der Waals surface area contributed by atoms with Crippen LogP contribution in [0.5, 0.6) is 0 Å². The van der Waals surface area contributed by atoms with Crippen LogP contribution in [0.1, 0.15) is 20.3 Å². The van der Waals surface area contributed by atoms with Gasteiger partial charge in [-0.1, -0.05) is 13.8 Å². The third-order valence-corrected chi connectivity index (χ3v) is 1.75. The van der Waals surface area contributed by atoms with E-state index in [1.165, 1.54) is 6.07 Å². The van der Waals surface area contributed by atoms with Gasteiger partial charge in [-0.2, -0.15) is 4.68 Å². The first-order valence-electron chi connectivity index (χ1n) is 4.27. The molecule has 13 heavy (non-hydrogen) atoms. The lowest BCUT2D eigenvalue weighted by molar-refractivity contribution is -0.389. The molecule has 1 aromatic heterocycles. The molecule has 0 aliphatic heterocycles. The summed E-state index contributed by atoms with van der Waals surface area (Å²) in [6, 6.07) is 1.42. The van der Waals surface area contributed by atoms with Crippen molar-refractivity contribution < 1.29 is 4.92 Å². The summed E-state index contributed by atoms with van der Waals surface area (Å²) in [6.45, 7) is 4.96. The minimum atomic E-state index is -0.480. The average Bonchev–Trinajstić information content (AvgIpc) is 2.48. The predicted molar refractivity (Wildman–Crippen MR) is 48.3 cm³/mol. The zero-order chi connectivity index (χ0) is 9.84. The number of nitrogens with zero attached hydrogens (tertiary/aromatic N) is 3. The summed E-state index contributed by atoms with van der Waals surface area (Å²) in [6.07, 6.45) is 2.62. The Morgan fingerprint density at radius 2 is 2.38 bits per heavy atom. The molecule has 5 heteroatoms. The maximum absolute atomic E-state index is 10.3. The third kappa shape index (κ3) is 2.85. The molecule has 1 heterocycles. The normalized spacial score (nSPS) is 10.7. The van der Waals surface area contributed by atoms with Crippen LogP contribution in [0.15, 0.2) is 12.3 Å². The Morgan fingerprint density at radius 1 is 1.69 bits per heavy atom. The largest absolute Gasteiger partial charge is 0.389 e. The molecule has 0 unspecified atom stereocenters. The van der Waals surface area contributed by atoms with Gasteiger partial charge in [0.15, 0.2) is 0 Å². The topological polar surface area (TPSA) is 61.0 Å². The van der Waals surface area contributed by atoms with Crippen molar-refractivity contribution in [2.75, 3.05) is 0 Å². The van der Waals surface area contributed by atoms with Crippen molar-refractivity contribution in [3.05, 3.63) is 22.4 Å². The fourth-order valence-corrected chi connectivity index (χ4v) is 0.963. The number of hydrogen-bond donors (Lipinski definition) is 0.